The molecule has 0 aromatic heterocycles. The highest BCUT2D eigenvalue weighted by Gasteiger charge is 2.38. The second-order valence-electron chi connectivity index (χ2n) is 7.32. The number of rotatable bonds is 3. The number of piperidine rings is 1. The number of methoxy groups -OCH3 is 1. The van der Waals surface area contributed by atoms with Gasteiger partial charge in [0.1, 0.15) is 5.75 Å². The first-order valence-electron chi connectivity index (χ1n) is 7.56. The predicted molar refractivity (Wildman–Crippen MR) is 89.8 cm³/mol. The molecular formula is C17H25ClN2O2. The number of benzene rings is 1. The number of hydrogen-bond donors (Lipinski definition) is 2. The Bertz CT molecular complexity index is 554. The lowest BCUT2D eigenvalue weighted by Gasteiger charge is -2.46. The zero-order chi connectivity index (χ0) is 16.5. The summed E-state index contributed by atoms with van der Waals surface area (Å²) >= 11 is 6.01. The van der Waals surface area contributed by atoms with Crippen LogP contribution < -0.4 is 15.4 Å². The van der Waals surface area contributed by atoms with Gasteiger partial charge in [-0.2, -0.15) is 0 Å². The fourth-order valence-corrected chi connectivity index (χ4v) is 3.72. The van der Waals surface area contributed by atoms with Crippen LogP contribution in [0.25, 0.3) is 0 Å². The minimum Gasteiger partial charge on any atom is -0.496 e. The quantitative estimate of drug-likeness (QED) is 0.896. The van der Waals surface area contributed by atoms with Crippen LogP contribution in [0.3, 0.4) is 0 Å². The summed E-state index contributed by atoms with van der Waals surface area (Å²) < 4.78 is 5.26. The Morgan fingerprint density at radius 2 is 1.86 bits per heavy atom. The van der Waals surface area contributed by atoms with Gasteiger partial charge in [-0.25, -0.2) is 0 Å². The van der Waals surface area contributed by atoms with Crippen molar-refractivity contribution in [1.82, 2.24) is 10.6 Å². The van der Waals surface area contributed by atoms with Gasteiger partial charge in [0.15, 0.2) is 0 Å². The van der Waals surface area contributed by atoms with Gasteiger partial charge < -0.3 is 15.4 Å². The molecule has 5 heteroatoms. The molecule has 0 radical (unpaired) electrons. The van der Waals surface area contributed by atoms with E-state index in [-0.39, 0.29) is 23.0 Å². The van der Waals surface area contributed by atoms with E-state index in [9.17, 15) is 4.79 Å². The van der Waals surface area contributed by atoms with Gasteiger partial charge in [-0.05, 0) is 58.7 Å². The number of ether oxygens (including phenoxy) is 1. The largest absolute Gasteiger partial charge is 0.496 e. The molecule has 0 unspecified atom stereocenters. The minimum atomic E-state index is -0.141. The van der Waals surface area contributed by atoms with Crippen molar-refractivity contribution in [3.63, 3.8) is 0 Å². The Hall–Kier alpha value is -1.26. The summed E-state index contributed by atoms with van der Waals surface area (Å²) in [6, 6.07) is 5.19. The van der Waals surface area contributed by atoms with Gasteiger partial charge in [0.2, 0.25) is 0 Å². The molecule has 1 aromatic rings. The lowest BCUT2D eigenvalue weighted by atomic mass is 9.79. The number of carbonyl (C=O) groups is 1. The molecule has 122 valence electrons. The molecule has 2 rings (SSSR count). The van der Waals surface area contributed by atoms with Gasteiger partial charge in [0.05, 0.1) is 12.7 Å². The predicted octanol–water partition coefficient (Wildman–Crippen LogP) is 3.39. The van der Waals surface area contributed by atoms with Crippen LogP contribution in [-0.2, 0) is 0 Å². The van der Waals surface area contributed by atoms with E-state index in [0.717, 1.165) is 12.8 Å². The zero-order valence-electron chi connectivity index (χ0n) is 13.9. The molecule has 1 heterocycles. The van der Waals surface area contributed by atoms with E-state index >= 15 is 0 Å². The average molecular weight is 325 g/mol. The van der Waals surface area contributed by atoms with Crippen LogP contribution in [0.1, 0.15) is 50.9 Å². The number of amides is 1. The van der Waals surface area contributed by atoms with Gasteiger partial charge >= 0.3 is 0 Å². The van der Waals surface area contributed by atoms with E-state index in [1.54, 1.807) is 25.3 Å². The average Bonchev–Trinajstić information content (AvgIpc) is 2.34. The Morgan fingerprint density at radius 3 is 2.41 bits per heavy atom. The van der Waals surface area contributed by atoms with Crippen molar-refractivity contribution in [1.29, 1.82) is 0 Å². The molecule has 4 nitrogen and oxygen atoms in total. The van der Waals surface area contributed by atoms with Crippen LogP contribution in [0.15, 0.2) is 18.2 Å². The maximum absolute atomic E-state index is 12.6. The van der Waals surface area contributed by atoms with Gasteiger partial charge in [-0.1, -0.05) is 11.6 Å². The summed E-state index contributed by atoms with van der Waals surface area (Å²) in [7, 11) is 1.55. The van der Waals surface area contributed by atoms with Crippen molar-refractivity contribution in [3.05, 3.63) is 28.8 Å². The summed E-state index contributed by atoms with van der Waals surface area (Å²) in [5.41, 5.74) is 0.445. The normalized spacial score (nSPS) is 20.5. The van der Waals surface area contributed by atoms with E-state index in [1.165, 1.54) is 0 Å². The molecule has 1 aromatic carbocycles. The number of hydrogen-bond acceptors (Lipinski definition) is 3. The molecule has 0 spiro atoms. The van der Waals surface area contributed by atoms with Crippen molar-refractivity contribution in [2.24, 2.45) is 0 Å². The number of carbonyl (C=O) groups excluding carboxylic acids is 1. The number of halogens is 1. The second-order valence-corrected chi connectivity index (χ2v) is 7.75. The van der Waals surface area contributed by atoms with Gasteiger partial charge in [0.25, 0.3) is 5.91 Å². The molecule has 22 heavy (non-hydrogen) atoms. The Kier molecular flexibility index (Phi) is 4.73. The topological polar surface area (TPSA) is 50.4 Å². The molecule has 1 aliphatic heterocycles. The van der Waals surface area contributed by atoms with E-state index in [2.05, 4.69) is 38.3 Å². The highest BCUT2D eigenvalue weighted by Crippen LogP contribution is 2.29. The van der Waals surface area contributed by atoms with Crippen LogP contribution in [0.4, 0.5) is 0 Å². The van der Waals surface area contributed by atoms with Crippen LogP contribution in [0.2, 0.25) is 5.02 Å². The standard InChI is InChI=1S/C17H25ClN2O2/c1-16(2)9-12(10-17(3,4)20-16)19-15(21)13-8-11(18)6-7-14(13)22-5/h6-8,12,20H,9-10H2,1-5H3,(H,19,21). The van der Waals surface area contributed by atoms with Crippen molar-refractivity contribution in [2.75, 3.05) is 7.11 Å². The lowest BCUT2D eigenvalue weighted by molar-refractivity contribution is 0.0870. The third-order valence-corrected chi connectivity index (χ3v) is 4.17. The van der Waals surface area contributed by atoms with Gasteiger partial charge in [-0.15, -0.1) is 0 Å². The Labute approximate surface area is 137 Å². The fourth-order valence-electron chi connectivity index (χ4n) is 3.55. The van der Waals surface area contributed by atoms with E-state index < -0.39 is 0 Å². The fraction of sp³-hybridized carbons (Fsp3) is 0.588. The van der Waals surface area contributed by atoms with Crippen LogP contribution >= 0.6 is 11.6 Å². The third kappa shape index (κ3) is 4.14. The van der Waals surface area contributed by atoms with Crippen molar-refractivity contribution >= 4 is 17.5 Å². The summed E-state index contributed by atoms with van der Waals surface area (Å²) in [5, 5.41) is 7.27. The van der Waals surface area contributed by atoms with E-state index in [0.29, 0.717) is 16.3 Å². The Morgan fingerprint density at radius 1 is 1.27 bits per heavy atom. The lowest BCUT2D eigenvalue weighted by Crippen LogP contribution is -2.62. The molecule has 2 N–H and O–H groups in total. The first-order valence-corrected chi connectivity index (χ1v) is 7.93. The third-order valence-electron chi connectivity index (χ3n) is 3.93. The molecule has 1 saturated heterocycles. The molecule has 0 aliphatic carbocycles. The maximum Gasteiger partial charge on any atom is 0.255 e. The molecular weight excluding hydrogens is 300 g/mol. The van der Waals surface area contributed by atoms with Crippen LogP contribution in [-0.4, -0.2) is 30.1 Å². The molecule has 1 fully saturated rings. The van der Waals surface area contributed by atoms with Crippen molar-refractivity contribution in [3.8, 4) is 5.75 Å². The van der Waals surface area contributed by atoms with Gasteiger partial charge in [-0.3, -0.25) is 4.79 Å². The minimum absolute atomic E-state index is 0.0158. The highest BCUT2D eigenvalue weighted by molar-refractivity contribution is 6.31. The summed E-state index contributed by atoms with van der Waals surface area (Å²) in [6.07, 6.45) is 1.76. The highest BCUT2D eigenvalue weighted by atomic mass is 35.5. The molecule has 1 amide bonds. The first kappa shape index (κ1) is 17.1. The molecule has 0 bridgehead atoms. The van der Waals surface area contributed by atoms with Crippen molar-refractivity contribution in [2.45, 2.75) is 57.7 Å². The van der Waals surface area contributed by atoms with Gasteiger partial charge in [0, 0.05) is 22.1 Å². The smallest absolute Gasteiger partial charge is 0.255 e. The summed E-state index contributed by atoms with van der Waals surface area (Å²) in [4.78, 5) is 12.6. The molecule has 0 saturated carbocycles. The SMILES string of the molecule is COc1ccc(Cl)cc1C(=O)NC1CC(C)(C)NC(C)(C)C1. The van der Waals surface area contributed by atoms with E-state index in [4.69, 9.17) is 16.3 Å². The summed E-state index contributed by atoms with van der Waals surface area (Å²) in [6.45, 7) is 8.64. The Balaban J connectivity index is 2.17. The molecule has 1 aliphatic rings. The van der Waals surface area contributed by atoms with Crippen molar-refractivity contribution < 1.29 is 9.53 Å². The second kappa shape index (κ2) is 6.09. The number of nitrogens with one attached hydrogen (secondary N) is 2. The van der Waals surface area contributed by atoms with Crippen LogP contribution in [0.5, 0.6) is 5.75 Å². The summed E-state index contributed by atoms with van der Waals surface area (Å²) in [5.74, 6) is 0.396. The monoisotopic (exact) mass is 324 g/mol. The zero-order valence-corrected chi connectivity index (χ0v) is 14.7. The first-order chi connectivity index (χ1) is 10.1. The maximum atomic E-state index is 12.6. The van der Waals surface area contributed by atoms with E-state index in [1.807, 2.05) is 0 Å². The molecule has 0 atom stereocenters. The van der Waals surface area contributed by atoms with Crippen LogP contribution in [0, 0.1) is 0 Å².